The Balaban J connectivity index is 2.13. The van der Waals surface area contributed by atoms with Gasteiger partial charge in [0.15, 0.2) is 0 Å². The number of hydrogen-bond donors (Lipinski definition) is 2. The number of nitrogens with zero attached hydrogens (tertiary/aromatic N) is 1. The number of alkyl halides is 3. The van der Waals surface area contributed by atoms with Crippen molar-refractivity contribution in [2.24, 2.45) is 11.8 Å². The van der Waals surface area contributed by atoms with Gasteiger partial charge in [0.2, 0.25) is 0 Å². The van der Waals surface area contributed by atoms with Crippen LogP contribution in [0.1, 0.15) is 13.8 Å². The summed E-state index contributed by atoms with van der Waals surface area (Å²) in [5.74, 6) is -5.25. The Morgan fingerprint density at radius 1 is 1.28 bits per heavy atom. The second-order valence-corrected chi connectivity index (χ2v) is 7.71. The lowest BCUT2D eigenvalue weighted by atomic mass is 9.96. The molecule has 1 saturated heterocycles. The highest BCUT2D eigenvalue weighted by molar-refractivity contribution is 8.00. The maximum atomic E-state index is 13.0. The lowest BCUT2D eigenvalue weighted by Crippen LogP contribution is -2.35. The van der Waals surface area contributed by atoms with Crippen molar-refractivity contribution < 1.29 is 27.9 Å². The second-order valence-electron chi connectivity index (χ2n) is 6.09. The SMILES string of the molecule is CC(C)Sc1ccccc1NC(=O)N1C[C@@H](C(F)(F)F)[C@H](C(=O)O)C1. The number of amides is 2. The van der Waals surface area contributed by atoms with Crippen molar-refractivity contribution in [1.82, 2.24) is 4.90 Å². The molecule has 2 amide bonds. The van der Waals surface area contributed by atoms with E-state index in [1.165, 1.54) is 11.8 Å². The van der Waals surface area contributed by atoms with Crippen molar-refractivity contribution in [2.45, 2.75) is 30.2 Å². The molecule has 1 fully saturated rings. The predicted molar refractivity (Wildman–Crippen MR) is 88.7 cm³/mol. The molecule has 1 aliphatic heterocycles. The van der Waals surface area contributed by atoms with Crippen molar-refractivity contribution in [2.75, 3.05) is 18.4 Å². The topological polar surface area (TPSA) is 69.6 Å². The molecular formula is C16H19F3N2O3S. The molecular weight excluding hydrogens is 357 g/mol. The Labute approximate surface area is 147 Å². The molecule has 1 aromatic carbocycles. The lowest BCUT2D eigenvalue weighted by molar-refractivity contribution is -0.187. The first-order valence-corrected chi connectivity index (χ1v) is 8.58. The fourth-order valence-electron chi connectivity index (χ4n) is 2.67. The molecule has 0 bridgehead atoms. The van der Waals surface area contributed by atoms with Crippen LogP contribution in [-0.4, -0.2) is 46.5 Å². The van der Waals surface area contributed by atoms with E-state index >= 15 is 0 Å². The molecule has 0 spiro atoms. The van der Waals surface area contributed by atoms with Crippen LogP contribution in [0.15, 0.2) is 29.2 Å². The van der Waals surface area contributed by atoms with Gasteiger partial charge in [0.25, 0.3) is 0 Å². The van der Waals surface area contributed by atoms with Crippen LogP contribution in [0.4, 0.5) is 23.7 Å². The van der Waals surface area contributed by atoms with Crippen molar-refractivity contribution in [1.29, 1.82) is 0 Å². The molecule has 138 valence electrons. The highest BCUT2D eigenvalue weighted by Crippen LogP contribution is 2.38. The van der Waals surface area contributed by atoms with Crippen LogP contribution in [-0.2, 0) is 4.79 Å². The van der Waals surface area contributed by atoms with Gasteiger partial charge in [-0.05, 0) is 12.1 Å². The standard InChI is InChI=1S/C16H19F3N2O3S/c1-9(2)25-13-6-4-3-5-12(13)20-15(24)21-7-10(14(22)23)11(8-21)16(17,18)19/h3-6,9-11H,7-8H2,1-2H3,(H,20,24)(H,22,23)/t10-,11-/m1/s1. The highest BCUT2D eigenvalue weighted by atomic mass is 32.2. The third-order valence-electron chi connectivity index (χ3n) is 3.84. The van der Waals surface area contributed by atoms with Crippen LogP contribution in [0.5, 0.6) is 0 Å². The number of hydrogen-bond acceptors (Lipinski definition) is 3. The van der Waals surface area contributed by atoms with Gasteiger partial charge in [-0.25, -0.2) is 4.79 Å². The van der Waals surface area contributed by atoms with Gasteiger partial charge in [-0.1, -0.05) is 26.0 Å². The monoisotopic (exact) mass is 376 g/mol. The summed E-state index contributed by atoms with van der Waals surface area (Å²) in [5, 5.41) is 11.9. The Hall–Kier alpha value is -1.90. The van der Waals surface area contributed by atoms with Gasteiger partial charge >= 0.3 is 18.2 Å². The number of likely N-dealkylation sites (tertiary alicyclic amines) is 1. The van der Waals surface area contributed by atoms with E-state index in [4.69, 9.17) is 5.11 Å². The molecule has 5 nitrogen and oxygen atoms in total. The molecule has 2 rings (SSSR count). The van der Waals surface area contributed by atoms with E-state index in [0.29, 0.717) is 5.69 Å². The van der Waals surface area contributed by atoms with E-state index in [1.807, 2.05) is 19.9 Å². The molecule has 0 aliphatic carbocycles. The zero-order chi connectivity index (χ0) is 18.8. The van der Waals surface area contributed by atoms with Gasteiger partial charge in [0, 0.05) is 23.2 Å². The number of carboxylic acid groups (broad SMARTS) is 1. The number of rotatable bonds is 4. The number of benzene rings is 1. The van der Waals surface area contributed by atoms with Crippen molar-refractivity contribution in [3.05, 3.63) is 24.3 Å². The van der Waals surface area contributed by atoms with Crippen LogP contribution >= 0.6 is 11.8 Å². The Bertz CT molecular complexity index is 652. The summed E-state index contributed by atoms with van der Waals surface area (Å²) in [4.78, 5) is 25.1. The number of halogens is 3. The summed E-state index contributed by atoms with van der Waals surface area (Å²) in [6.07, 6.45) is -4.66. The van der Waals surface area contributed by atoms with E-state index in [-0.39, 0.29) is 5.25 Å². The van der Waals surface area contributed by atoms with Crippen LogP contribution in [0.25, 0.3) is 0 Å². The minimum Gasteiger partial charge on any atom is -0.481 e. The second kappa shape index (κ2) is 7.55. The fourth-order valence-corrected chi connectivity index (χ4v) is 3.58. The minimum atomic E-state index is -4.66. The number of carbonyl (C=O) groups is 2. The van der Waals surface area contributed by atoms with Gasteiger partial charge < -0.3 is 15.3 Å². The zero-order valence-electron chi connectivity index (χ0n) is 13.7. The molecule has 0 saturated carbocycles. The molecule has 25 heavy (non-hydrogen) atoms. The van der Waals surface area contributed by atoms with Crippen LogP contribution in [0, 0.1) is 11.8 Å². The quantitative estimate of drug-likeness (QED) is 0.782. The third kappa shape index (κ3) is 4.81. The van der Waals surface area contributed by atoms with E-state index in [9.17, 15) is 22.8 Å². The van der Waals surface area contributed by atoms with Crippen molar-refractivity contribution >= 4 is 29.4 Å². The molecule has 1 aromatic rings. The summed E-state index contributed by atoms with van der Waals surface area (Å²) in [6.45, 7) is 2.83. The number of urea groups is 1. The lowest BCUT2D eigenvalue weighted by Gasteiger charge is -2.20. The Morgan fingerprint density at radius 3 is 2.44 bits per heavy atom. The summed E-state index contributed by atoms with van der Waals surface area (Å²) in [5.41, 5.74) is 0.494. The number of nitrogens with one attached hydrogen (secondary N) is 1. The largest absolute Gasteiger partial charge is 0.481 e. The number of carbonyl (C=O) groups excluding carboxylic acids is 1. The molecule has 0 radical (unpaired) electrons. The maximum Gasteiger partial charge on any atom is 0.394 e. The molecule has 1 heterocycles. The van der Waals surface area contributed by atoms with Crippen LogP contribution < -0.4 is 5.32 Å². The first-order valence-electron chi connectivity index (χ1n) is 7.70. The van der Waals surface area contributed by atoms with Gasteiger partial charge in [0.05, 0.1) is 17.5 Å². The minimum absolute atomic E-state index is 0.260. The summed E-state index contributed by atoms with van der Waals surface area (Å²) < 4.78 is 39.1. The molecule has 9 heteroatoms. The van der Waals surface area contributed by atoms with Gasteiger partial charge in [-0.2, -0.15) is 13.2 Å². The molecule has 1 aliphatic rings. The Kier molecular flexibility index (Phi) is 5.87. The van der Waals surface area contributed by atoms with Crippen molar-refractivity contribution in [3.8, 4) is 0 Å². The van der Waals surface area contributed by atoms with E-state index in [2.05, 4.69) is 5.32 Å². The fraction of sp³-hybridized carbons (Fsp3) is 0.500. The first kappa shape index (κ1) is 19.4. The van der Waals surface area contributed by atoms with Gasteiger partial charge in [-0.15, -0.1) is 11.8 Å². The highest BCUT2D eigenvalue weighted by Gasteiger charge is 2.53. The molecule has 2 N–H and O–H groups in total. The first-order chi connectivity index (χ1) is 11.6. The molecule has 2 atom stereocenters. The van der Waals surface area contributed by atoms with E-state index in [1.54, 1.807) is 18.2 Å². The number of anilines is 1. The van der Waals surface area contributed by atoms with Gasteiger partial charge in [-0.3, -0.25) is 4.79 Å². The summed E-state index contributed by atoms with van der Waals surface area (Å²) in [7, 11) is 0. The average molecular weight is 376 g/mol. The number of aliphatic carboxylic acids is 1. The molecule has 0 aromatic heterocycles. The number of carboxylic acids is 1. The number of para-hydroxylation sites is 1. The van der Waals surface area contributed by atoms with Crippen LogP contribution in [0.2, 0.25) is 0 Å². The van der Waals surface area contributed by atoms with Crippen molar-refractivity contribution in [3.63, 3.8) is 0 Å². The van der Waals surface area contributed by atoms with Crippen LogP contribution in [0.3, 0.4) is 0 Å². The van der Waals surface area contributed by atoms with E-state index in [0.717, 1.165) is 9.80 Å². The predicted octanol–water partition coefficient (Wildman–Crippen LogP) is 3.91. The summed E-state index contributed by atoms with van der Waals surface area (Å²) in [6, 6.07) is 6.26. The molecule has 0 unspecified atom stereocenters. The normalized spacial score (nSPS) is 20.8. The zero-order valence-corrected chi connectivity index (χ0v) is 14.5. The summed E-state index contributed by atoms with van der Waals surface area (Å²) >= 11 is 1.51. The Morgan fingerprint density at radius 2 is 1.92 bits per heavy atom. The third-order valence-corrected chi connectivity index (χ3v) is 4.92. The maximum absolute atomic E-state index is 13.0. The van der Waals surface area contributed by atoms with Gasteiger partial charge in [0.1, 0.15) is 0 Å². The average Bonchev–Trinajstić information content (AvgIpc) is 2.94. The number of thioether (sulfide) groups is 1. The smallest absolute Gasteiger partial charge is 0.394 e. The van der Waals surface area contributed by atoms with E-state index < -0.39 is 43.1 Å².